The first-order valence-corrected chi connectivity index (χ1v) is 5.09. The summed E-state index contributed by atoms with van der Waals surface area (Å²) in [6.45, 7) is 3.37. The predicted molar refractivity (Wildman–Crippen MR) is 54.5 cm³/mol. The molecule has 2 N–H and O–H groups in total. The van der Waals surface area contributed by atoms with E-state index in [1.807, 2.05) is 6.92 Å². The molecule has 15 heavy (non-hydrogen) atoms. The fraction of sp³-hybridized carbons (Fsp3) is 0.600. The van der Waals surface area contributed by atoms with E-state index in [2.05, 4.69) is 15.5 Å². The van der Waals surface area contributed by atoms with Gasteiger partial charge < -0.3 is 10.1 Å². The maximum Gasteiger partial charge on any atom is 0.254 e. The molecule has 1 aromatic heterocycles. The molecule has 0 aromatic carbocycles. The third-order valence-corrected chi connectivity index (χ3v) is 2.61. The van der Waals surface area contributed by atoms with Gasteiger partial charge in [0.25, 0.3) is 5.91 Å². The largest absolute Gasteiger partial charge is 0.379 e. The predicted octanol–water partition coefficient (Wildman–Crippen LogP) is 0.709. The Bertz CT molecular complexity index is 328. The van der Waals surface area contributed by atoms with Crippen molar-refractivity contribution in [3.05, 3.63) is 18.0 Å². The van der Waals surface area contributed by atoms with Gasteiger partial charge >= 0.3 is 0 Å². The number of aromatic nitrogens is 2. The van der Waals surface area contributed by atoms with Gasteiger partial charge in [-0.1, -0.05) is 0 Å². The zero-order valence-electron chi connectivity index (χ0n) is 8.75. The number of carbonyl (C=O) groups excluding carboxylic acids is 1. The summed E-state index contributed by atoms with van der Waals surface area (Å²) in [5.41, 5.74) is 0.314. The maximum atomic E-state index is 11.8. The molecule has 0 radical (unpaired) electrons. The lowest BCUT2D eigenvalue weighted by atomic mass is 9.94. The second kappa shape index (κ2) is 4.02. The average molecular weight is 209 g/mol. The molecular weight excluding hydrogens is 194 g/mol. The van der Waals surface area contributed by atoms with E-state index in [9.17, 15) is 4.79 Å². The van der Waals surface area contributed by atoms with Gasteiger partial charge in [-0.05, 0) is 19.8 Å². The quantitative estimate of drug-likeness (QED) is 0.753. The fourth-order valence-corrected chi connectivity index (χ4v) is 1.75. The smallest absolute Gasteiger partial charge is 0.254 e. The molecule has 2 rings (SSSR count). The summed E-state index contributed by atoms with van der Waals surface area (Å²) in [7, 11) is 0. The first-order chi connectivity index (χ1) is 7.20. The monoisotopic (exact) mass is 209 g/mol. The molecule has 0 saturated carbocycles. The zero-order valence-corrected chi connectivity index (χ0v) is 8.75. The Balaban J connectivity index is 1.98. The Labute approximate surface area is 88.2 Å². The number of H-pyrrole nitrogens is 1. The number of aromatic amines is 1. The fourth-order valence-electron chi connectivity index (χ4n) is 1.75. The lowest BCUT2D eigenvalue weighted by Crippen LogP contribution is -2.51. The van der Waals surface area contributed by atoms with Crippen molar-refractivity contribution in [1.82, 2.24) is 15.5 Å². The highest BCUT2D eigenvalue weighted by molar-refractivity contribution is 5.94. The minimum Gasteiger partial charge on any atom is -0.379 e. The molecule has 0 aliphatic carbocycles. The van der Waals surface area contributed by atoms with Gasteiger partial charge in [-0.2, -0.15) is 5.10 Å². The number of carbonyl (C=O) groups is 1. The summed E-state index contributed by atoms with van der Waals surface area (Å²) < 4.78 is 5.37. The van der Waals surface area contributed by atoms with Crippen molar-refractivity contribution < 1.29 is 9.53 Å². The van der Waals surface area contributed by atoms with Crippen LogP contribution < -0.4 is 5.32 Å². The Morgan fingerprint density at radius 2 is 2.60 bits per heavy atom. The molecule has 0 bridgehead atoms. The van der Waals surface area contributed by atoms with Crippen molar-refractivity contribution in [2.24, 2.45) is 0 Å². The molecule has 2 heterocycles. The van der Waals surface area contributed by atoms with Crippen molar-refractivity contribution in [1.29, 1.82) is 0 Å². The Morgan fingerprint density at radius 1 is 1.73 bits per heavy atom. The van der Waals surface area contributed by atoms with Crippen LogP contribution in [0.4, 0.5) is 0 Å². The highest BCUT2D eigenvalue weighted by atomic mass is 16.5. The summed E-state index contributed by atoms with van der Waals surface area (Å²) >= 11 is 0. The Hall–Kier alpha value is -1.36. The van der Waals surface area contributed by atoms with Crippen LogP contribution in [0.15, 0.2) is 12.4 Å². The van der Waals surface area contributed by atoms with Gasteiger partial charge in [-0.25, -0.2) is 0 Å². The molecule has 1 saturated heterocycles. The molecule has 1 aliphatic heterocycles. The van der Waals surface area contributed by atoms with Gasteiger partial charge in [-0.15, -0.1) is 0 Å². The van der Waals surface area contributed by atoms with Gasteiger partial charge in [0.1, 0.15) is 0 Å². The third kappa shape index (κ3) is 2.36. The van der Waals surface area contributed by atoms with Gasteiger partial charge in [0.15, 0.2) is 0 Å². The van der Waals surface area contributed by atoms with E-state index >= 15 is 0 Å². The second-order valence-electron chi connectivity index (χ2n) is 4.16. The van der Waals surface area contributed by atoms with Gasteiger partial charge in [0.2, 0.25) is 0 Å². The first-order valence-electron chi connectivity index (χ1n) is 5.09. The normalized spacial score (nSPS) is 26.2. The van der Waals surface area contributed by atoms with Crippen molar-refractivity contribution in [3.8, 4) is 0 Å². The SMILES string of the molecule is CC1(NC(=O)c2cn[nH]c2)CCCOC1. The molecule has 0 spiro atoms. The van der Waals surface area contributed by atoms with E-state index in [4.69, 9.17) is 4.74 Å². The highest BCUT2D eigenvalue weighted by Gasteiger charge is 2.29. The summed E-state index contributed by atoms with van der Waals surface area (Å²) in [5, 5.41) is 9.33. The molecule has 82 valence electrons. The first kappa shape index (κ1) is 10.2. The molecule has 5 heteroatoms. The second-order valence-corrected chi connectivity index (χ2v) is 4.16. The number of hydrogen-bond acceptors (Lipinski definition) is 3. The lowest BCUT2D eigenvalue weighted by molar-refractivity contribution is 0.0272. The van der Waals surface area contributed by atoms with Crippen LogP contribution in [0.2, 0.25) is 0 Å². The molecule has 1 atom stereocenters. The lowest BCUT2D eigenvalue weighted by Gasteiger charge is -2.34. The molecule has 1 aliphatic rings. The number of nitrogens with zero attached hydrogens (tertiary/aromatic N) is 1. The molecule has 1 unspecified atom stereocenters. The van der Waals surface area contributed by atoms with Crippen LogP contribution in [0.3, 0.4) is 0 Å². The van der Waals surface area contributed by atoms with E-state index in [-0.39, 0.29) is 11.4 Å². The van der Waals surface area contributed by atoms with Crippen molar-refractivity contribution >= 4 is 5.91 Å². The van der Waals surface area contributed by atoms with Crippen LogP contribution in [0.5, 0.6) is 0 Å². The minimum absolute atomic E-state index is 0.100. The summed E-state index contributed by atoms with van der Waals surface area (Å²) in [5.74, 6) is -0.100. The van der Waals surface area contributed by atoms with E-state index in [1.54, 1.807) is 6.20 Å². The summed E-state index contributed by atoms with van der Waals surface area (Å²) in [6.07, 6.45) is 5.05. The number of ether oxygens (including phenoxy) is 1. The maximum absolute atomic E-state index is 11.8. The molecule has 1 aromatic rings. The van der Waals surface area contributed by atoms with E-state index in [0.29, 0.717) is 12.2 Å². The van der Waals surface area contributed by atoms with Crippen LogP contribution >= 0.6 is 0 Å². The Morgan fingerprint density at radius 3 is 3.20 bits per heavy atom. The topological polar surface area (TPSA) is 67.0 Å². The highest BCUT2D eigenvalue weighted by Crippen LogP contribution is 2.18. The van der Waals surface area contributed by atoms with Crippen LogP contribution in [0.1, 0.15) is 30.1 Å². The summed E-state index contributed by atoms with van der Waals surface area (Å²) in [4.78, 5) is 11.8. The molecular formula is C10H15N3O2. The molecule has 5 nitrogen and oxygen atoms in total. The number of hydrogen-bond donors (Lipinski definition) is 2. The van der Waals surface area contributed by atoms with Gasteiger partial charge in [-0.3, -0.25) is 9.89 Å². The molecule has 1 amide bonds. The zero-order chi connectivity index (χ0) is 10.7. The van der Waals surface area contributed by atoms with E-state index < -0.39 is 0 Å². The van der Waals surface area contributed by atoms with Crippen molar-refractivity contribution in [3.63, 3.8) is 0 Å². The number of rotatable bonds is 2. The average Bonchev–Trinajstić information content (AvgIpc) is 2.70. The van der Waals surface area contributed by atoms with Crippen molar-refractivity contribution in [2.45, 2.75) is 25.3 Å². The minimum atomic E-state index is -0.243. The van der Waals surface area contributed by atoms with Gasteiger partial charge in [0.05, 0.1) is 23.9 Å². The van der Waals surface area contributed by atoms with Crippen molar-refractivity contribution in [2.75, 3.05) is 13.2 Å². The standard InChI is InChI=1S/C10H15N3O2/c1-10(3-2-4-15-7-10)13-9(14)8-5-11-12-6-8/h5-6H,2-4,7H2,1H3,(H,11,12)(H,13,14). The van der Waals surface area contributed by atoms with Crippen LogP contribution in [-0.2, 0) is 4.74 Å². The number of nitrogens with one attached hydrogen (secondary N) is 2. The van der Waals surface area contributed by atoms with Crippen LogP contribution in [0, 0.1) is 0 Å². The third-order valence-electron chi connectivity index (χ3n) is 2.61. The van der Waals surface area contributed by atoms with E-state index in [1.165, 1.54) is 6.20 Å². The van der Waals surface area contributed by atoms with Gasteiger partial charge in [0, 0.05) is 12.8 Å². The van der Waals surface area contributed by atoms with Crippen LogP contribution in [0.25, 0.3) is 0 Å². The number of amides is 1. The van der Waals surface area contributed by atoms with E-state index in [0.717, 1.165) is 19.4 Å². The van der Waals surface area contributed by atoms with Crippen LogP contribution in [-0.4, -0.2) is 34.9 Å². The molecule has 1 fully saturated rings. The Kier molecular flexibility index (Phi) is 2.73. The summed E-state index contributed by atoms with van der Waals surface area (Å²) in [6, 6.07) is 0.